The molecule has 0 radical (unpaired) electrons. The number of para-hydroxylation sites is 2. The van der Waals surface area contributed by atoms with Crippen LogP contribution in [-0.4, -0.2) is 16.1 Å². The Hall–Kier alpha value is -1.35. The molecule has 0 amide bonds. The summed E-state index contributed by atoms with van der Waals surface area (Å²) in [5.74, 6) is 1.13. The van der Waals surface area contributed by atoms with E-state index in [4.69, 9.17) is 4.98 Å². The molecule has 3 nitrogen and oxygen atoms in total. The Kier molecular flexibility index (Phi) is 3.79. The largest absolute Gasteiger partial charge is 0.330 e. The third kappa shape index (κ3) is 2.47. The molecule has 1 aromatic carbocycles. The summed E-state index contributed by atoms with van der Waals surface area (Å²) in [4.78, 5) is 4.73. The second-order valence-electron chi connectivity index (χ2n) is 6.24. The lowest BCUT2D eigenvalue weighted by atomic mass is 9.83. The first kappa shape index (κ1) is 13.6. The predicted octanol–water partition coefficient (Wildman–Crippen LogP) is 3.63. The van der Waals surface area contributed by atoms with Crippen molar-refractivity contribution >= 4 is 11.0 Å². The molecular formula is C17H25N3. The minimum absolute atomic E-state index is 0.546. The molecule has 3 rings (SSSR count). The smallest absolute Gasteiger partial charge is 0.123 e. The van der Waals surface area contributed by atoms with Crippen LogP contribution < -0.4 is 5.32 Å². The maximum atomic E-state index is 4.73. The lowest BCUT2D eigenvalue weighted by Gasteiger charge is -2.27. The van der Waals surface area contributed by atoms with Crippen LogP contribution in [0.15, 0.2) is 24.3 Å². The summed E-state index contributed by atoms with van der Waals surface area (Å²) in [5.41, 5.74) is 2.86. The molecule has 1 aromatic heterocycles. The summed E-state index contributed by atoms with van der Waals surface area (Å²) in [6.45, 7) is 4.34. The first-order valence-electron chi connectivity index (χ1n) is 7.85. The van der Waals surface area contributed by atoms with E-state index in [1.807, 2.05) is 0 Å². The molecule has 1 saturated carbocycles. The molecule has 20 heavy (non-hydrogen) atoms. The van der Waals surface area contributed by atoms with Gasteiger partial charge in [0.1, 0.15) is 5.82 Å². The van der Waals surface area contributed by atoms with Gasteiger partial charge in [0, 0.05) is 13.6 Å². The number of benzene rings is 1. The molecule has 0 atom stereocenters. The van der Waals surface area contributed by atoms with E-state index < -0.39 is 0 Å². The Bertz CT molecular complexity index is 579. The zero-order valence-corrected chi connectivity index (χ0v) is 12.7. The van der Waals surface area contributed by atoms with Crippen LogP contribution in [0, 0.1) is 5.41 Å². The van der Waals surface area contributed by atoms with Crippen LogP contribution in [0.5, 0.6) is 0 Å². The molecule has 0 aliphatic heterocycles. The van der Waals surface area contributed by atoms with E-state index in [2.05, 4.69) is 48.1 Å². The highest BCUT2D eigenvalue weighted by atomic mass is 15.1. The van der Waals surface area contributed by atoms with E-state index in [1.54, 1.807) is 0 Å². The van der Waals surface area contributed by atoms with Crippen LogP contribution in [0.25, 0.3) is 11.0 Å². The molecule has 0 bridgehead atoms. The zero-order valence-electron chi connectivity index (χ0n) is 12.7. The molecule has 1 aliphatic carbocycles. The molecule has 1 fully saturated rings. The molecule has 0 unspecified atom stereocenters. The van der Waals surface area contributed by atoms with Crippen molar-refractivity contribution in [3.63, 3.8) is 0 Å². The summed E-state index contributed by atoms with van der Waals surface area (Å²) in [7, 11) is 2.11. The number of aryl methyl sites for hydroxylation is 1. The van der Waals surface area contributed by atoms with Crippen molar-refractivity contribution in [2.75, 3.05) is 6.54 Å². The number of aromatic nitrogens is 2. The standard InChI is InChI=1S/C17H25N3/c1-3-17(10-6-7-11-17)13-18-12-16-19-14-8-4-5-9-15(14)20(16)2/h4-5,8-9,18H,3,6-7,10-13H2,1-2H3. The summed E-state index contributed by atoms with van der Waals surface area (Å²) < 4.78 is 2.20. The number of rotatable bonds is 5. The van der Waals surface area contributed by atoms with Gasteiger partial charge in [-0.15, -0.1) is 0 Å². The Morgan fingerprint density at radius 3 is 2.70 bits per heavy atom. The monoisotopic (exact) mass is 271 g/mol. The number of fused-ring (bicyclic) bond motifs is 1. The van der Waals surface area contributed by atoms with E-state index in [0.29, 0.717) is 5.41 Å². The fraction of sp³-hybridized carbons (Fsp3) is 0.588. The second kappa shape index (κ2) is 5.57. The van der Waals surface area contributed by atoms with Gasteiger partial charge in [0.15, 0.2) is 0 Å². The number of nitrogens with one attached hydrogen (secondary N) is 1. The zero-order chi connectivity index (χ0) is 14.0. The van der Waals surface area contributed by atoms with Crippen molar-refractivity contribution in [2.45, 2.75) is 45.6 Å². The number of hydrogen-bond donors (Lipinski definition) is 1. The van der Waals surface area contributed by atoms with Crippen molar-refractivity contribution in [3.05, 3.63) is 30.1 Å². The van der Waals surface area contributed by atoms with Crippen molar-refractivity contribution in [1.82, 2.24) is 14.9 Å². The molecule has 1 N–H and O–H groups in total. The molecule has 0 saturated heterocycles. The minimum Gasteiger partial charge on any atom is -0.330 e. The molecule has 1 heterocycles. The van der Waals surface area contributed by atoms with Gasteiger partial charge in [0.2, 0.25) is 0 Å². The molecule has 2 aromatic rings. The highest BCUT2D eigenvalue weighted by Crippen LogP contribution is 2.40. The average Bonchev–Trinajstić information content (AvgIpc) is 3.06. The summed E-state index contributed by atoms with van der Waals surface area (Å²) in [6, 6.07) is 8.35. The van der Waals surface area contributed by atoms with Gasteiger partial charge in [-0.3, -0.25) is 0 Å². The van der Waals surface area contributed by atoms with Gasteiger partial charge in [-0.2, -0.15) is 0 Å². The van der Waals surface area contributed by atoms with E-state index in [0.717, 1.165) is 24.4 Å². The van der Waals surface area contributed by atoms with Gasteiger partial charge in [-0.25, -0.2) is 4.98 Å². The van der Waals surface area contributed by atoms with Gasteiger partial charge in [-0.05, 0) is 36.8 Å². The van der Waals surface area contributed by atoms with Crippen LogP contribution in [0.3, 0.4) is 0 Å². The third-order valence-electron chi connectivity index (χ3n) is 5.08. The Morgan fingerprint density at radius 1 is 1.25 bits per heavy atom. The van der Waals surface area contributed by atoms with Gasteiger partial charge in [0.05, 0.1) is 17.6 Å². The third-order valence-corrected chi connectivity index (χ3v) is 5.08. The van der Waals surface area contributed by atoms with Gasteiger partial charge in [0.25, 0.3) is 0 Å². The van der Waals surface area contributed by atoms with E-state index in [1.165, 1.54) is 37.6 Å². The Balaban J connectivity index is 1.66. The normalized spacial score (nSPS) is 17.9. The lowest BCUT2D eigenvalue weighted by Crippen LogP contribution is -2.31. The highest BCUT2D eigenvalue weighted by Gasteiger charge is 2.31. The van der Waals surface area contributed by atoms with E-state index in [9.17, 15) is 0 Å². The summed E-state index contributed by atoms with van der Waals surface area (Å²) in [5, 5.41) is 3.65. The van der Waals surface area contributed by atoms with Crippen LogP contribution >= 0.6 is 0 Å². The van der Waals surface area contributed by atoms with Crippen LogP contribution in [0.4, 0.5) is 0 Å². The number of hydrogen-bond acceptors (Lipinski definition) is 2. The Morgan fingerprint density at radius 2 is 2.00 bits per heavy atom. The number of imidazole rings is 1. The summed E-state index contributed by atoms with van der Waals surface area (Å²) >= 11 is 0. The molecule has 108 valence electrons. The quantitative estimate of drug-likeness (QED) is 0.900. The van der Waals surface area contributed by atoms with Crippen molar-refractivity contribution in [3.8, 4) is 0 Å². The molecule has 1 aliphatic rings. The topological polar surface area (TPSA) is 29.9 Å². The fourth-order valence-corrected chi connectivity index (χ4v) is 3.57. The summed E-state index contributed by atoms with van der Waals surface area (Å²) in [6.07, 6.45) is 6.88. The SMILES string of the molecule is CCC1(CNCc2nc3ccccc3n2C)CCCC1. The van der Waals surface area contributed by atoms with Crippen LogP contribution in [0.2, 0.25) is 0 Å². The molecular weight excluding hydrogens is 246 g/mol. The average molecular weight is 271 g/mol. The van der Waals surface area contributed by atoms with Crippen LogP contribution in [-0.2, 0) is 13.6 Å². The predicted molar refractivity (Wildman–Crippen MR) is 83.6 cm³/mol. The number of nitrogens with zero attached hydrogens (tertiary/aromatic N) is 2. The van der Waals surface area contributed by atoms with E-state index >= 15 is 0 Å². The van der Waals surface area contributed by atoms with E-state index in [-0.39, 0.29) is 0 Å². The van der Waals surface area contributed by atoms with Crippen molar-refractivity contribution in [2.24, 2.45) is 12.5 Å². The van der Waals surface area contributed by atoms with Gasteiger partial charge >= 0.3 is 0 Å². The first-order chi connectivity index (χ1) is 9.74. The van der Waals surface area contributed by atoms with Gasteiger partial charge < -0.3 is 9.88 Å². The first-order valence-corrected chi connectivity index (χ1v) is 7.85. The van der Waals surface area contributed by atoms with Crippen molar-refractivity contribution in [1.29, 1.82) is 0 Å². The maximum absolute atomic E-state index is 4.73. The maximum Gasteiger partial charge on any atom is 0.123 e. The van der Waals surface area contributed by atoms with Gasteiger partial charge in [-0.1, -0.05) is 31.9 Å². The lowest BCUT2D eigenvalue weighted by molar-refractivity contribution is 0.267. The van der Waals surface area contributed by atoms with Crippen molar-refractivity contribution < 1.29 is 0 Å². The van der Waals surface area contributed by atoms with Crippen LogP contribution in [0.1, 0.15) is 44.9 Å². The molecule has 3 heteroatoms. The Labute approximate surface area is 121 Å². The minimum atomic E-state index is 0.546. The second-order valence-corrected chi connectivity index (χ2v) is 6.24. The molecule has 0 spiro atoms. The fourth-order valence-electron chi connectivity index (χ4n) is 3.57. The highest BCUT2D eigenvalue weighted by molar-refractivity contribution is 5.75.